The fourth-order valence-electron chi connectivity index (χ4n) is 7.95. The molecule has 0 heterocycles. The molecule has 0 saturated heterocycles. The van der Waals surface area contributed by atoms with Crippen molar-refractivity contribution in [3.8, 4) is 11.1 Å². The summed E-state index contributed by atoms with van der Waals surface area (Å²) < 4.78 is 0. The average Bonchev–Trinajstić information content (AvgIpc) is 2.89. The van der Waals surface area contributed by atoms with Crippen LogP contribution in [0.4, 0.5) is 0 Å². The van der Waals surface area contributed by atoms with Gasteiger partial charge in [-0.2, -0.15) is 0 Å². The van der Waals surface area contributed by atoms with Crippen LogP contribution in [0.2, 0.25) is 5.02 Å². The van der Waals surface area contributed by atoms with Crippen LogP contribution in [-0.4, -0.2) is 5.78 Å². The van der Waals surface area contributed by atoms with Gasteiger partial charge in [-0.1, -0.05) is 89.0 Å². The summed E-state index contributed by atoms with van der Waals surface area (Å²) in [4.78, 5) is 13.2. The van der Waals surface area contributed by atoms with Crippen molar-refractivity contribution in [3.05, 3.63) is 115 Å². The van der Waals surface area contributed by atoms with Crippen molar-refractivity contribution < 1.29 is 4.79 Å². The summed E-state index contributed by atoms with van der Waals surface area (Å²) in [5.74, 6) is 0.391. The Morgan fingerprint density at radius 1 is 0.757 bits per heavy atom. The Bertz CT molecular complexity index is 1980. The fourth-order valence-corrected chi connectivity index (χ4v) is 8.40. The highest BCUT2D eigenvalue weighted by Crippen LogP contribution is 2.54. The number of benzene rings is 4. The molecule has 3 unspecified atom stereocenters. The van der Waals surface area contributed by atoms with E-state index >= 15 is 0 Å². The molecule has 5 aliphatic rings. The van der Waals surface area contributed by atoms with E-state index in [1.165, 1.54) is 65.7 Å². The van der Waals surface area contributed by atoms with Crippen LogP contribution in [0.5, 0.6) is 0 Å². The molecule has 9 rings (SSSR count). The van der Waals surface area contributed by atoms with Crippen molar-refractivity contribution in [1.29, 1.82) is 0 Å². The number of halogens is 2. The number of ketones is 1. The standard InChI is InChI=1S/C34H20Cl2O/c35-20-3-6-22-18(13-20)11-16-1-4-24-25-5-2-17-12-19-14-21(36)15-29(37)30(19)28-10-9-27(34(25)32(17)28)26-8-7-23(22)31(16)33(24)26/h1-10,13-15,28,30,32H,11-12H2. The summed E-state index contributed by atoms with van der Waals surface area (Å²) in [6.45, 7) is 0. The molecule has 0 amide bonds. The van der Waals surface area contributed by atoms with Gasteiger partial charge in [-0.05, 0) is 91.2 Å². The Hall–Kier alpha value is -3.39. The van der Waals surface area contributed by atoms with E-state index in [1.54, 1.807) is 6.08 Å². The zero-order valence-corrected chi connectivity index (χ0v) is 21.3. The van der Waals surface area contributed by atoms with Crippen LogP contribution in [0.15, 0.2) is 82.9 Å². The predicted molar refractivity (Wildman–Crippen MR) is 153 cm³/mol. The molecule has 0 aliphatic heterocycles. The van der Waals surface area contributed by atoms with Gasteiger partial charge >= 0.3 is 0 Å². The molecule has 1 saturated carbocycles. The lowest BCUT2D eigenvalue weighted by Crippen LogP contribution is -2.39. The molecule has 3 heteroatoms. The van der Waals surface area contributed by atoms with Crippen molar-refractivity contribution in [2.75, 3.05) is 0 Å². The highest BCUT2D eigenvalue weighted by Gasteiger charge is 2.45. The van der Waals surface area contributed by atoms with Crippen molar-refractivity contribution in [2.24, 2.45) is 11.8 Å². The third-order valence-electron chi connectivity index (χ3n) is 9.29. The molecule has 4 aromatic carbocycles. The van der Waals surface area contributed by atoms with Crippen molar-refractivity contribution in [3.63, 3.8) is 0 Å². The van der Waals surface area contributed by atoms with Crippen LogP contribution >= 0.6 is 23.2 Å². The second kappa shape index (κ2) is 6.92. The lowest BCUT2D eigenvalue weighted by atomic mass is 9.58. The van der Waals surface area contributed by atoms with Gasteiger partial charge in [-0.15, -0.1) is 0 Å². The van der Waals surface area contributed by atoms with E-state index in [4.69, 9.17) is 23.2 Å². The molecule has 0 spiro atoms. The first-order valence-corrected chi connectivity index (χ1v) is 13.7. The fraction of sp³-hybridized carbons (Fsp3) is 0.147. The SMILES string of the molecule is O=C1C=C(Cl)C=C2CC3=CC=c4c5c(c6ccc7c8c(ccc4c68)Cc4cc(Cl)ccc4-7)C=CC(C12)C35. The monoisotopic (exact) mass is 514 g/mol. The summed E-state index contributed by atoms with van der Waals surface area (Å²) in [5.41, 5.74) is 10.5. The minimum atomic E-state index is -0.116. The van der Waals surface area contributed by atoms with E-state index in [2.05, 4.69) is 60.7 Å². The summed E-state index contributed by atoms with van der Waals surface area (Å²) in [7, 11) is 0. The number of rotatable bonds is 0. The van der Waals surface area contributed by atoms with Gasteiger partial charge in [0.25, 0.3) is 0 Å². The first kappa shape index (κ1) is 20.6. The maximum atomic E-state index is 13.2. The topological polar surface area (TPSA) is 17.1 Å². The van der Waals surface area contributed by atoms with Crippen molar-refractivity contribution in [2.45, 2.75) is 18.8 Å². The Morgan fingerprint density at radius 2 is 1.62 bits per heavy atom. The van der Waals surface area contributed by atoms with E-state index in [9.17, 15) is 4.79 Å². The van der Waals surface area contributed by atoms with E-state index in [0.29, 0.717) is 5.03 Å². The number of carbonyl (C=O) groups excluding carboxylic acids is 1. The van der Waals surface area contributed by atoms with Gasteiger partial charge in [0.15, 0.2) is 5.78 Å². The van der Waals surface area contributed by atoms with Gasteiger partial charge in [0, 0.05) is 28.0 Å². The average molecular weight is 515 g/mol. The molecule has 4 aromatic rings. The van der Waals surface area contributed by atoms with Crippen LogP contribution in [-0.2, 0) is 11.2 Å². The molecule has 176 valence electrons. The molecule has 3 atom stereocenters. The predicted octanol–water partition coefficient (Wildman–Crippen LogP) is 8.04. The Morgan fingerprint density at radius 3 is 2.54 bits per heavy atom. The summed E-state index contributed by atoms with van der Waals surface area (Å²) in [5, 5.41) is 8.03. The first-order chi connectivity index (χ1) is 18.1. The molecule has 1 fully saturated rings. The Balaban J connectivity index is 1.37. The highest BCUT2D eigenvalue weighted by molar-refractivity contribution is 6.33. The zero-order chi connectivity index (χ0) is 24.6. The van der Waals surface area contributed by atoms with Crippen LogP contribution < -0.4 is 5.22 Å². The summed E-state index contributed by atoms with van der Waals surface area (Å²) in [6, 6.07) is 15.5. The largest absolute Gasteiger partial charge is 0.294 e. The molecular formula is C34H20Cl2O. The number of carbonyl (C=O) groups is 1. The van der Waals surface area contributed by atoms with Gasteiger partial charge in [0.05, 0.1) is 5.92 Å². The zero-order valence-electron chi connectivity index (χ0n) is 19.8. The van der Waals surface area contributed by atoms with Crippen LogP contribution in [0, 0.1) is 11.8 Å². The van der Waals surface area contributed by atoms with Crippen molar-refractivity contribution >= 4 is 62.7 Å². The number of hydrogen-bond donors (Lipinski definition) is 0. The minimum Gasteiger partial charge on any atom is -0.294 e. The maximum absolute atomic E-state index is 13.2. The lowest BCUT2D eigenvalue weighted by Gasteiger charge is -2.44. The number of fused-ring (bicyclic) bond motifs is 6. The highest BCUT2D eigenvalue weighted by atomic mass is 35.5. The van der Waals surface area contributed by atoms with Gasteiger partial charge in [-0.25, -0.2) is 0 Å². The quantitative estimate of drug-likeness (QED) is 0.204. The molecule has 0 aromatic heterocycles. The third kappa shape index (κ3) is 2.54. The summed E-state index contributed by atoms with van der Waals surface area (Å²) in [6.07, 6.45) is 14.6. The van der Waals surface area contributed by atoms with E-state index in [0.717, 1.165) is 23.4 Å². The van der Waals surface area contributed by atoms with E-state index in [-0.39, 0.29) is 23.5 Å². The molecule has 0 bridgehead atoms. The third-order valence-corrected chi connectivity index (χ3v) is 9.75. The van der Waals surface area contributed by atoms with Crippen LogP contribution in [0.1, 0.15) is 34.6 Å². The molecule has 37 heavy (non-hydrogen) atoms. The van der Waals surface area contributed by atoms with Gasteiger partial charge < -0.3 is 0 Å². The molecule has 1 nitrogen and oxygen atoms in total. The lowest BCUT2D eigenvalue weighted by molar-refractivity contribution is -0.118. The molecule has 0 N–H and O–H groups in total. The normalized spacial score (nSPS) is 24.1. The van der Waals surface area contributed by atoms with Gasteiger partial charge in [-0.3, -0.25) is 4.79 Å². The molecular weight excluding hydrogens is 495 g/mol. The van der Waals surface area contributed by atoms with E-state index in [1.807, 2.05) is 12.1 Å². The molecule has 0 radical (unpaired) electrons. The van der Waals surface area contributed by atoms with Crippen LogP contribution in [0.3, 0.4) is 0 Å². The minimum absolute atomic E-state index is 0.116. The first-order valence-electron chi connectivity index (χ1n) is 12.9. The van der Waals surface area contributed by atoms with Crippen LogP contribution in [0.25, 0.3) is 44.8 Å². The number of allylic oxidation sites excluding steroid dienone is 7. The Labute approximate surface area is 224 Å². The number of hydrogen-bond acceptors (Lipinski definition) is 1. The maximum Gasteiger partial charge on any atom is 0.164 e. The smallest absolute Gasteiger partial charge is 0.164 e. The second-order valence-electron chi connectivity index (χ2n) is 11.0. The summed E-state index contributed by atoms with van der Waals surface area (Å²) >= 11 is 12.7. The second-order valence-corrected chi connectivity index (χ2v) is 11.9. The van der Waals surface area contributed by atoms with Crippen molar-refractivity contribution in [1.82, 2.24) is 0 Å². The molecule has 5 aliphatic carbocycles. The van der Waals surface area contributed by atoms with E-state index < -0.39 is 0 Å². The van der Waals surface area contributed by atoms with Gasteiger partial charge in [0.1, 0.15) is 0 Å². The van der Waals surface area contributed by atoms with Gasteiger partial charge in [0.2, 0.25) is 0 Å². The Kier molecular flexibility index (Phi) is 3.86.